The highest BCUT2D eigenvalue weighted by atomic mass is 16.2. The number of aryl methyl sites for hydroxylation is 1. The zero-order chi connectivity index (χ0) is 19.7. The van der Waals surface area contributed by atoms with Crippen molar-refractivity contribution in [2.24, 2.45) is 5.41 Å². The van der Waals surface area contributed by atoms with Gasteiger partial charge in [-0.05, 0) is 66.8 Å². The van der Waals surface area contributed by atoms with Crippen LogP contribution in [0.1, 0.15) is 60.3 Å². The number of rotatable bonds is 4. The SMILES string of the molecule is CC1(C)CCc2[nH]c(=O)c(C(=O)NCc3ccc(N4CCCC4)cc3)cc2C1. The minimum atomic E-state index is -0.309. The number of benzene rings is 1. The van der Waals surface area contributed by atoms with E-state index in [1.54, 1.807) is 6.07 Å². The molecule has 1 amide bonds. The second-order valence-electron chi connectivity index (χ2n) is 8.90. The summed E-state index contributed by atoms with van der Waals surface area (Å²) in [6.07, 6.45) is 5.31. The zero-order valence-corrected chi connectivity index (χ0v) is 16.8. The highest BCUT2D eigenvalue weighted by Gasteiger charge is 2.27. The van der Waals surface area contributed by atoms with Gasteiger partial charge in [-0.25, -0.2) is 0 Å². The van der Waals surface area contributed by atoms with Crippen LogP contribution in [-0.2, 0) is 19.4 Å². The lowest BCUT2D eigenvalue weighted by Gasteiger charge is -2.31. The van der Waals surface area contributed by atoms with E-state index in [1.165, 1.54) is 18.5 Å². The van der Waals surface area contributed by atoms with Gasteiger partial charge in [0.15, 0.2) is 0 Å². The summed E-state index contributed by atoms with van der Waals surface area (Å²) >= 11 is 0. The van der Waals surface area contributed by atoms with Crippen LogP contribution < -0.4 is 15.8 Å². The first-order valence-corrected chi connectivity index (χ1v) is 10.3. The quantitative estimate of drug-likeness (QED) is 0.855. The molecule has 0 radical (unpaired) electrons. The van der Waals surface area contributed by atoms with E-state index < -0.39 is 0 Å². The highest BCUT2D eigenvalue weighted by Crippen LogP contribution is 2.33. The van der Waals surface area contributed by atoms with Crippen LogP contribution in [0.4, 0.5) is 5.69 Å². The average Bonchev–Trinajstić information content (AvgIpc) is 3.21. The van der Waals surface area contributed by atoms with E-state index in [0.717, 1.165) is 49.2 Å². The summed E-state index contributed by atoms with van der Waals surface area (Å²) in [6.45, 7) is 7.11. The van der Waals surface area contributed by atoms with E-state index in [2.05, 4.69) is 41.2 Å². The summed E-state index contributed by atoms with van der Waals surface area (Å²) in [5.74, 6) is -0.309. The Balaban J connectivity index is 1.43. The average molecular weight is 380 g/mol. The Bertz CT molecular complexity index is 922. The normalized spacial score (nSPS) is 18.0. The van der Waals surface area contributed by atoms with Crippen LogP contribution in [-0.4, -0.2) is 24.0 Å². The number of carbonyl (C=O) groups is 1. The summed E-state index contributed by atoms with van der Waals surface area (Å²) in [5, 5.41) is 2.90. The number of nitrogens with one attached hydrogen (secondary N) is 2. The molecule has 1 aromatic carbocycles. The summed E-state index contributed by atoms with van der Waals surface area (Å²) in [7, 11) is 0. The standard InChI is InChI=1S/C23H29N3O2/c1-23(2)10-9-20-17(14-23)13-19(22(28)25-20)21(27)24-15-16-5-7-18(8-6-16)26-11-3-4-12-26/h5-8,13H,3-4,9-12,14-15H2,1-2H3,(H,24,27)(H,25,28). The number of anilines is 1. The molecular formula is C23H29N3O2. The number of hydrogen-bond donors (Lipinski definition) is 2. The van der Waals surface area contributed by atoms with E-state index >= 15 is 0 Å². The number of H-pyrrole nitrogens is 1. The first-order chi connectivity index (χ1) is 13.4. The van der Waals surface area contributed by atoms with Gasteiger partial charge in [-0.15, -0.1) is 0 Å². The van der Waals surface area contributed by atoms with Crippen molar-refractivity contribution < 1.29 is 4.79 Å². The Morgan fingerprint density at radius 1 is 1.18 bits per heavy atom. The van der Waals surface area contributed by atoms with E-state index in [1.807, 2.05) is 12.1 Å². The summed E-state index contributed by atoms with van der Waals surface area (Å²) < 4.78 is 0. The molecule has 2 aromatic rings. The third-order valence-corrected chi connectivity index (χ3v) is 6.04. The topological polar surface area (TPSA) is 65.2 Å². The Morgan fingerprint density at radius 3 is 2.61 bits per heavy atom. The molecule has 0 atom stereocenters. The van der Waals surface area contributed by atoms with Crippen LogP contribution in [0.5, 0.6) is 0 Å². The molecule has 1 aliphatic carbocycles. The maximum absolute atomic E-state index is 12.6. The number of aromatic amines is 1. The molecule has 0 saturated carbocycles. The number of fused-ring (bicyclic) bond motifs is 1. The minimum Gasteiger partial charge on any atom is -0.372 e. The predicted octanol–water partition coefficient (Wildman–Crippen LogP) is 3.42. The fraction of sp³-hybridized carbons (Fsp3) is 0.478. The van der Waals surface area contributed by atoms with Gasteiger partial charge in [0.1, 0.15) is 5.56 Å². The van der Waals surface area contributed by atoms with Gasteiger partial charge in [0.25, 0.3) is 11.5 Å². The maximum Gasteiger partial charge on any atom is 0.261 e. The fourth-order valence-electron chi connectivity index (χ4n) is 4.31. The highest BCUT2D eigenvalue weighted by molar-refractivity contribution is 5.94. The third-order valence-electron chi connectivity index (χ3n) is 6.04. The molecule has 5 nitrogen and oxygen atoms in total. The lowest BCUT2D eigenvalue weighted by atomic mass is 9.76. The molecule has 0 bridgehead atoms. The molecule has 5 heteroatoms. The molecule has 0 unspecified atom stereocenters. The monoisotopic (exact) mass is 379 g/mol. The van der Waals surface area contributed by atoms with Crippen molar-refractivity contribution in [1.29, 1.82) is 0 Å². The number of hydrogen-bond acceptors (Lipinski definition) is 3. The fourth-order valence-corrected chi connectivity index (χ4v) is 4.31. The lowest BCUT2D eigenvalue weighted by Crippen LogP contribution is -2.32. The van der Waals surface area contributed by atoms with Gasteiger partial charge in [0.2, 0.25) is 0 Å². The second kappa shape index (κ2) is 7.46. The van der Waals surface area contributed by atoms with Crippen molar-refractivity contribution in [3.8, 4) is 0 Å². The molecule has 1 fully saturated rings. The molecule has 28 heavy (non-hydrogen) atoms. The third kappa shape index (κ3) is 3.98. The molecule has 2 N–H and O–H groups in total. The first kappa shape index (κ1) is 18.8. The number of carbonyl (C=O) groups excluding carboxylic acids is 1. The van der Waals surface area contributed by atoms with Gasteiger partial charge in [-0.3, -0.25) is 9.59 Å². The molecule has 1 aromatic heterocycles. The Labute approximate surface area is 166 Å². The van der Waals surface area contributed by atoms with Crippen LogP contribution in [0.2, 0.25) is 0 Å². The zero-order valence-electron chi connectivity index (χ0n) is 16.8. The molecule has 1 aliphatic heterocycles. The van der Waals surface area contributed by atoms with Gasteiger partial charge < -0.3 is 15.2 Å². The molecular weight excluding hydrogens is 350 g/mol. The number of nitrogens with zero attached hydrogens (tertiary/aromatic N) is 1. The summed E-state index contributed by atoms with van der Waals surface area (Å²) in [5.41, 5.74) is 4.48. The van der Waals surface area contributed by atoms with Crippen molar-refractivity contribution in [2.75, 3.05) is 18.0 Å². The van der Waals surface area contributed by atoms with E-state index in [-0.39, 0.29) is 22.4 Å². The largest absolute Gasteiger partial charge is 0.372 e. The van der Waals surface area contributed by atoms with Crippen LogP contribution in [0.15, 0.2) is 35.1 Å². The smallest absolute Gasteiger partial charge is 0.261 e. The van der Waals surface area contributed by atoms with Crippen molar-refractivity contribution in [3.05, 3.63) is 63.1 Å². The van der Waals surface area contributed by atoms with Crippen LogP contribution in [0.25, 0.3) is 0 Å². The van der Waals surface area contributed by atoms with E-state index in [9.17, 15) is 9.59 Å². The van der Waals surface area contributed by atoms with Crippen LogP contribution in [0.3, 0.4) is 0 Å². The van der Waals surface area contributed by atoms with E-state index in [4.69, 9.17) is 0 Å². The van der Waals surface area contributed by atoms with Crippen molar-refractivity contribution in [3.63, 3.8) is 0 Å². The number of aromatic nitrogens is 1. The van der Waals surface area contributed by atoms with Crippen molar-refractivity contribution in [1.82, 2.24) is 10.3 Å². The minimum absolute atomic E-state index is 0.204. The van der Waals surface area contributed by atoms with Crippen molar-refractivity contribution in [2.45, 2.75) is 52.5 Å². The predicted molar refractivity (Wildman–Crippen MR) is 112 cm³/mol. The summed E-state index contributed by atoms with van der Waals surface area (Å²) in [6, 6.07) is 10.1. The van der Waals surface area contributed by atoms with Gasteiger partial charge >= 0.3 is 0 Å². The molecule has 2 heterocycles. The molecule has 148 valence electrons. The van der Waals surface area contributed by atoms with Gasteiger partial charge in [-0.2, -0.15) is 0 Å². The van der Waals surface area contributed by atoms with E-state index in [0.29, 0.717) is 6.54 Å². The molecule has 2 aliphatic rings. The maximum atomic E-state index is 12.6. The van der Waals surface area contributed by atoms with Crippen molar-refractivity contribution >= 4 is 11.6 Å². The molecule has 0 spiro atoms. The Hall–Kier alpha value is -2.56. The van der Waals surface area contributed by atoms with Gasteiger partial charge in [0.05, 0.1) is 0 Å². The second-order valence-corrected chi connectivity index (χ2v) is 8.90. The molecule has 4 rings (SSSR count). The number of amides is 1. The first-order valence-electron chi connectivity index (χ1n) is 10.3. The molecule has 1 saturated heterocycles. The van der Waals surface area contributed by atoms with Crippen LogP contribution in [0, 0.1) is 5.41 Å². The lowest BCUT2D eigenvalue weighted by molar-refractivity contribution is 0.0949. The summed E-state index contributed by atoms with van der Waals surface area (Å²) in [4.78, 5) is 30.3. The van der Waals surface area contributed by atoms with Gasteiger partial charge in [0, 0.05) is 31.0 Å². The van der Waals surface area contributed by atoms with Gasteiger partial charge in [-0.1, -0.05) is 26.0 Å². The Kier molecular flexibility index (Phi) is 5.00. The van der Waals surface area contributed by atoms with Crippen LogP contribution >= 0.6 is 0 Å². The Morgan fingerprint density at radius 2 is 1.89 bits per heavy atom. The number of pyridine rings is 1.